The first kappa shape index (κ1) is 13.6. The molecule has 0 bridgehead atoms. The Hall–Kier alpha value is -1.33. The Bertz CT molecular complexity index is 465. The lowest BCUT2D eigenvalue weighted by Gasteiger charge is -2.28. The van der Waals surface area contributed by atoms with Gasteiger partial charge >= 0.3 is 0 Å². The van der Waals surface area contributed by atoms with E-state index in [1.165, 1.54) is 0 Å². The van der Waals surface area contributed by atoms with Gasteiger partial charge in [-0.1, -0.05) is 0 Å². The average molecular weight is 277 g/mol. The van der Waals surface area contributed by atoms with Gasteiger partial charge in [-0.2, -0.15) is 0 Å². The second-order valence-corrected chi connectivity index (χ2v) is 5.76. The molecule has 0 unspecified atom stereocenters. The molecule has 0 spiro atoms. The average Bonchev–Trinajstić information content (AvgIpc) is 3.16. The first-order chi connectivity index (χ1) is 9.81. The summed E-state index contributed by atoms with van der Waals surface area (Å²) >= 11 is 0. The number of aliphatic hydroxyl groups is 1. The molecule has 2 N–H and O–H groups in total. The van der Waals surface area contributed by atoms with Crippen molar-refractivity contribution in [1.82, 2.24) is 14.8 Å². The van der Waals surface area contributed by atoms with E-state index in [1.54, 1.807) is 0 Å². The number of hydrogen-bond donors (Lipinski definition) is 2. The second-order valence-electron chi connectivity index (χ2n) is 5.76. The van der Waals surface area contributed by atoms with E-state index in [4.69, 9.17) is 0 Å². The van der Waals surface area contributed by atoms with E-state index in [1.807, 2.05) is 23.2 Å². The Morgan fingerprint density at radius 3 is 2.90 bits per heavy atom. The maximum Gasteiger partial charge on any atom is 0.270 e. The van der Waals surface area contributed by atoms with Crippen LogP contribution in [0.25, 0.3) is 0 Å². The van der Waals surface area contributed by atoms with E-state index >= 15 is 0 Å². The summed E-state index contributed by atoms with van der Waals surface area (Å²) in [5.41, 5.74) is 0.775. The second kappa shape index (κ2) is 5.97. The van der Waals surface area contributed by atoms with Crippen LogP contribution in [0, 0.1) is 0 Å². The third-order valence-electron chi connectivity index (χ3n) is 4.55. The van der Waals surface area contributed by atoms with Crippen molar-refractivity contribution in [1.29, 1.82) is 0 Å². The Labute approximate surface area is 119 Å². The molecule has 110 valence electrons. The minimum absolute atomic E-state index is 0.00104. The van der Waals surface area contributed by atoms with Crippen molar-refractivity contribution in [3.63, 3.8) is 0 Å². The quantitative estimate of drug-likeness (QED) is 0.867. The lowest BCUT2D eigenvalue weighted by molar-refractivity contribution is 0.0663. The molecule has 3 heterocycles. The standard InChI is InChI=1S/C15H23N3O2/c19-11-13-3-1-10-18(13)15(20)14-4-2-9-17(14)12-5-7-16-8-6-12/h2,4,9,12-13,16,19H,1,3,5-8,10-11H2/t13-/m0/s1. The van der Waals surface area contributed by atoms with Gasteiger partial charge in [0.25, 0.3) is 5.91 Å². The summed E-state index contributed by atoms with van der Waals surface area (Å²) in [7, 11) is 0. The van der Waals surface area contributed by atoms with Crippen LogP contribution >= 0.6 is 0 Å². The third kappa shape index (κ3) is 2.47. The first-order valence-corrected chi connectivity index (χ1v) is 7.60. The molecule has 2 aliphatic heterocycles. The number of nitrogens with zero attached hydrogens (tertiary/aromatic N) is 2. The summed E-state index contributed by atoms with van der Waals surface area (Å²) in [5.74, 6) is 0.0742. The first-order valence-electron chi connectivity index (χ1n) is 7.60. The lowest BCUT2D eigenvalue weighted by atomic mass is 10.1. The van der Waals surface area contributed by atoms with Gasteiger partial charge in [-0.15, -0.1) is 0 Å². The van der Waals surface area contributed by atoms with Gasteiger partial charge in [0.05, 0.1) is 12.6 Å². The molecular formula is C15H23N3O2. The summed E-state index contributed by atoms with van der Waals surface area (Å²) < 4.78 is 2.13. The molecule has 3 rings (SSSR count). The molecule has 2 saturated heterocycles. The smallest absolute Gasteiger partial charge is 0.270 e. The molecule has 1 atom stereocenters. The van der Waals surface area contributed by atoms with Crippen LogP contribution < -0.4 is 5.32 Å². The molecule has 2 fully saturated rings. The summed E-state index contributed by atoms with van der Waals surface area (Å²) in [6, 6.07) is 4.29. The Morgan fingerprint density at radius 2 is 2.15 bits per heavy atom. The van der Waals surface area contributed by atoms with Crippen LogP contribution in [0.4, 0.5) is 0 Å². The molecule has 0 saturated carbocycles. The molecule has 0 aromatic carbocycles. The summed E-state index contributed by atoms with van der Waals surface area (Å²) in [4.78, 5) is 14.6. The van der Waals surface area contributed by atoms with Gasteiger partial charge in [-0.25, -0.2) is 0 Å². The lowest BCUT2D eigenvalue weighted by Crippen LogP contribution is -2.39. The largest absolute Gasteiger partial charge is 0.394 e. The maximum absolute atomic E-state index is 12.7. The summed E-state index contributed by atoms with van der Waals surface area (Å²) in [6.07, 6.45) is 6.06. The molecule has 0 radical (unpaired) electrons. The molecule has 1 aromatic heterocycles. The highest BCUT2D eigenvalue weighted by molar-refractivity contribution is 5.93. The van der Waals surface area contributed by atoms with E-state index in [-0.39, 0.29) is 18.6 Å². The zero-order chi connectivity index (χ0) is 13.9. The van der Waals surface area contributed by atoms with Crippen LogP contribution in [-0.4, -0.2) is 52.8 Å². The van der Waals surface area contributed by atoms with Crippen molar-refractivity contribution in [3.05, 3.63) is 24.0 Å². The van der Waals surface area contributed by atoms with Gasteiger partial charge in [0, 0.05) is 18.8 Å². The van der Waals surface area contributed by atoms with Crippen LogP contribution in [0.5, 0.6) is 0 Å². The fourth-order valence-corrected chi connectivity index (χ4v) is 3.42. The van der Waals surface area contributed by atoms with Crippen LogP contribution in [-0.2, 0) is 0 Å². The van der Waals surface area contributed by atoms with E-state index in [0.717, 1.165) is 51.0 Å². The fraction of sp³-hybridized carbons (Fsp3) is 0.667. The number of carbonyl (C=O) groups is 1. The van der Waals surface area contributed by atoms with Crippen molar-refractivity contribution < 1.29 is 9.90 Å². The van der Waals surface area contributed by atoms with Gasteiger partial charge < -0.3 is 19.9 Å². The predicted octanol–water partition coefficient (Wildman–Crippen LogP) is 1.01. The van der Waals surface area contributed by atoms with Gasteiger partial charge in [0.1, 0.15) is 5.69 Å². The SMILES string of the molecule is O=C(c1cccn1C1CCNCC1)N1CCC[C@H]1CO. The fourth-order valence-electron chi connectivity index (χ4n) is 3.42. The number of rotatable bonds is 3. The highest BCUT2D eigenvalue weighted by Crippen LogP contribution is 2.25. The van der Waals surface area contributed by atoms with Crippen molar-refractivity contribution in [2.45, 2.75) is 37.8 Å². The summed E-state index contributed by atoms with van der Waals surface area (Å²) in [5, 5.41) is 12.7. The molecule has 20 heavy (non-hydrogen) atoms. The van der Waals surface area contributed by atoms with Crippen molar-refractivity contribution in [2.24, 2.45) is 0 Å². The van der Waals surface area contributed by atoms with E-state index in [0.29, 0.717) is 6.04 Å². The predicted molar refractivity (Wildman–Crippen MR) is 76.7 cm³/mol. The van der Waals surface area contributed by atoms with E-state index in [2.05, 4.69) is 9.88 Å². The van der Waals surface area contributed by atoms with E-state index < -0.39 is 0 Å². The Morgan fingerprint density at radius 1 is 1.35 bits per heavy atom. The summed E-state index contributed by atoms with van der Waals surface area (Å²) in [6.45, 7) is 2.86. The Kier molecular flexibility index (Phi) is 4.08. The zero-order valence-electron chi connectivity index (χ0n) is 11.8. The molecule has 5 nitrogen and oxygen atoms in total. The molecule has 0 aliphatic carbocycles. The van der Waals surface area contributed by atoms with Crippen LogP contribution in [0.2, 0.25) is 0 Å². The monoisotopic (exact) mass is 277 g/mol. The number of piperidine rings is 1. The van der Waals surface area contributed by atoms with Gasteiger partial charge in [-0.05, 0) is 50.9 Å². The molecule has 1 aromatic rings. The molecular weight excluding hydrogens is 254 g/mol. The molecule has 5 heteroatoms. The third-order valence-corrected chi connectivity index (χ3v) is 4.55. The number of aromatic nitrogens is 1. The topological polar surface area (TPSA) is 57.5 Å². The zero-order valence-corrected chi connectivity index (χ0v) is 11.8. The van der Waals surface area contributed by atoms with Crippen molar-refractivity contribution in [2.75, 3.05) is 26.2 Å². The van der Waals surface area contributed by atoms with Gasteiger partial charge in [-0.3, -0.25) is 4.79 Å². The minimum Gasteiger partial charge on any atom is -0.394 e. The highest BCUT2D eigenvalue weighted by Gasteiger charge is 2.31. The number of carbonyl (C=O) groups excluding carboxylic acids is 1. The molecule has 2 aliphatic rings. The van der Waals surface area contributed by atoms with Crippen LogP contribution in [0.1, 0.15) is 42.2 Å². The number of amides is 1. The van der Waals surface area contributed by atoms with Gasteiger partial charge in [0.2, 0.25) is 0 Å². The number of hydrogen-bond acceptors (Lipinski definition) is 3. The molecule has 1 amide bonds. The minimum atomic E-state index is -0.00104. The maximum atomic E-state index is 12.7. The number of aliphatic hydroxyl groups excluding tert-OH is 1. The number of nitrogens with one attached hydrogen (secondary N) is 1. The van der Waals surface area contributed by atoms with Crippen molar-refractivity contribution >= 4 is 5.91 Å². The van der Waals surface area contributed by atoms with Crippen LogP contribution in [0.3, 0.4) is 0 Å². The van der Waals surface area contributed by atoms with Gasteiger partial charge in [0.15, 0.2) is 0 Å². The van der Waals surface area contributed by atoms with Crippen LogP contribution in [0.15, 0.2) is 18.3 Å². The number of likely N-dealkylation sites (tertiary alicyclic amines) is 1. The van der Waals surface area contributed by atoms with Crippen molar-refractivity contribution in [3.8, 4) is 0 Å². The highest BCUT2D eigenvalue weighted by atomic mass is 16.3. The van der Waals surface area contributed by atoms with E-state index in [9.17, 15) is 9.90 Å². The normalized spacial score (nSPS) is 24.2. The Balaban J connectivity index is 1.79.